The maximum atomic E-state index is 12.3. The predicted octanol–water partition coefficient (Wildman–Crippen LogP) is 2.93. The molecule has 1 N–H and O–H groups in total. The number of allylic oxidation sites excluding steroid dienone is 2. The van der Waals surface area contributed by atoms with E-state index in [1.807, 2.05) is 0 Å². The fraction of sp³-hybridized carbons (Fsp3) is 0.333. The highest BCUT2D eigenvalue weighted by molar-refractivity contribution is 5.98. The van der Waals surface area contributed by atoms with Gasteiger partial charge in [0, 0.05) is 18.2 Å². The van der Waals surface area contributed by atoms with Gasteiger partial charge in [-0.05, 0) is 37.3 Å². The number of hydrogen-bond acceptors (Lipinski definition) is 3. The van der Waals surface area contributed by atoms with E-state index in [0.29, 0.717) is 29.7 Å². The number of rotatable bonds is 4. The molecule has 1 amide bonds. The quantitative estimate of drug-likeness (QED) is 0.929. The zero-order valence-corrected chi connectivity index (χ0v) is 11.6. The van der Waals surface area contributed by atoms with Gasteiger partial charge in [-0.25, -0.2) is 4.79 Å². The molecule has 0 spiro atoms. The predicted molar refractivity (Wildman–Crippen MR) is 73.1 cm³/mol. The summed E-state index contributed by atoms with van der Waals surface area (Å²) in [6, 6.07) is 1.25. The van der Waals surface area contributed by atoms with E-state index in [0.717, 1.165) is 0 Å². The van der Waals surface area contributed by atoms with Crippen LogP contribution in [0.3, 0.4) is 0 Å². The van der Waals surface area contributed by atoms with E-state index in [1.165, 1.54) is 13.0 Å². The first kappa shape index (κ1) is 15.2. The smallest absolute Gasteiger partial charge is 0.336 e. The summed E-state index contributed by atoms with van der Waals surface area (Å²) in [5, 5.41) is 2.59. The van der Waals surface area contributed by atoms with Gasteiger partial charge < -0.3 is 9.73 Å². The lowest BCUT2D eigenvalue weighted by Crippen LogP contribution is -2.32. The lowest BCUT2D eigenvalue weighted by Gasteiger charge is -2.19. The van der Waals surface area contributed by atoms with Crippen molar-refractivity contribution >= 4 is 5.91 Å². The van der Waals surface area contributed by atoms with Crippen LogP contribution in [0.25, 0.3) is 0 Å². The zero-order chi connectivity index (χ0) is 15.6. The molecule has 112 valence electrons. The van der Waals surface area contributed by atoms with Crippen molar-refractivity contribution in [2.45, 2.75) is 32.6 Å². The van der Waals surface area contributed by atoms with Gasteiger partial charge in [0.2, 0.25) is 0 Å². The molecule has 0 aliphatic carbocycles. The molecule has 2 rings (SSSR count). The van der Waals surface area contributed by atoms with Gasteiger partial charge in [0.15, 0.2) is 0 Å². The molecule has 0 unspecified atom stereocenters. The van der Waals surface area contributed by atoms with Crippen LogP contribution in [0.4, 0.5) is 8.78 Å². The Morgan fingerprint density at radius 2 is 2.14 bits per heavy atom. The van der Waals surface area contributed by atoms with E-state index in [1.54, 1.807) is 0 Å². The average Bonchev–Trinajstić information content (AvgIpc) is 2.36. The number of hydrogen-bond donors (Lipinski definition) is 1. The first-order valence-electron chi connectivity index (χ1n) is 6.54. The summed E-state index contributed by atoms with van der Waals surface area (Å²) in [5.41, 5.74) is 0.786. The van der Waals surface area contributed by atoms with Crippen molar-refractivity contribution in [1.29, 1.82) is 0 Å². The van der Waals surface area contributed by atoms with Crippen LogP contribution in [0, 0.1) is 0 Å². The third-order valence-corrected chi connectivity index (χ3v) is 3.33. The molecule has 6 heteroatoms. The molecule has 1 aliphatic heterocycles. The van der Waals surface area contributed by atoms with E-state index in [4.69, 9.17) is 4.42 Å². The van der Waals surface area contributed by atoms with Gasteiger partial charge in [0.25, 0.3) is 12.0 Å². The van der Waals surface area contributed by atoms with Crippen molar-refractivity contribution in [3.05, 3.63) is 57.3 Å². The number of fused-ring (bicyclic) bond motifs is 1. The van der Waals surface area contributed by atoms with Gasteiger partial charge in [0.05, 0.1) is 5.56 Å². The van der Waals surface area contributed by atoms with Gasteiger partial charge in [-0.1, -0.05) is 6.58 Å². The minimum atomic E-state index is -1.68. The van der Waals surface area contributed by atoms with Crippen LogP contribution in [-0.4, -0.2) is 5.91 Å². The van der Waals surface area contributed by atoms with E-state index in [2.05, 4.69) is 11.9 Å². The summed E-state index contributed by atoms with van der Waals surface area (Å²) < 4.78 is 29.7. The SMILES string of the molecule is C=C1Cc2oc(=O)cc(CCCC(C)=C(F)F)c2C(=O)N1. The molecule has 0 saturated heterocycles. The summed E-state index contributed by atoms with van der Waals surface area (Å²) in [4.78, 5) is 23.5. The van der Waals surface area contributed by atoms with E-state index < -0.39 is 11.7 Å². The van der Waals surface area contributed by atoms with Crippen molar-refractivity contribution in [1.82, 2.24) is 5.32 Å². The van der Waals surface area contributed by atoms with E-state index in [9.17, 15) is 18.4 Å². The van der Waals surface area contributed by atoms with Gasteiger partial charge in [-0.2, -0.15) is 8.78 Å². The maximum absolute atomic E-state index is 12.3. The van der Waals surface area contributed by atoms with E-state index >= 15 is 0 Å². The van der Waals surface area contributed by atoms with Gasteiger partial charge in [-0.15, -0.1) is 0 Å². The summed E-state index contributed by atoms with van der Waals surface area (Å²) in [5.74, 6) is -0.0841. The Hall–Kier alpha value is -2.24. The summed E-state index contributed by atoms with van der Waals surface area (Å²) in [6.07, 6.45) is -0.418. The first-order valence-corrected chi connectivity index (χ1v) is 6.54. The molecular formula is C15H15F2NO3. The Morgan fingerprint density at radius 1 is 1.43 bits per heavy atom. The average molecular weight is 295 g/mol. The molecule has 0 fully saturated rings. The number of halogens is 2. The van der Waals surface area contributed by atoms with Crippen LogP contribution in [0.5, 0.6) is 0 Å². The third-order valence-electron chi connectivity index (χ3n) is 3.33. The molecule has 0 atom stereocenters. The van der Waals surface area contributed by atoms with Gasteiger partial charge in [0.1, 0.15) is 5.76 Å². The monoisotopic (exact) mass is 295 g/mol. The normalized spacial score (nSPS) is 13.7. The van der Waals surface area contributed by atoms with E-state index in [-0.39, 0.29) is 30.1 Å². The molecule has 0 aromatic carbocycles. The van der Waals surface area contributed by atoms with Crippen molar-refractivity contribution in [2.24, 2.45) is 0 Å². The van der Waals surface area contributed by atoms with Crippen LogP contribution in [0.15, 0.2) is 39.2 Å². The van der Waals surface area contributed by atoms with Crippen LogP contribution in [0.1, 0.15) is 41.4 Å². The molecule has 0 saturated carbocycles. The molecule has 1 aliphatic rings. The molecule has 1 aromatic rings. The third kappa shape index (κ3) is 3.45. The lowest BCUT2D eigenvalue weighted by molar-refractivity contribution is 0.0952. The number of amides is 1. The molecule has 0 bridgehead atoms. The zero-order valence-electron chi connectivity index (χ0n) is 11.6. The second-order valence-corrected chi connectivity index (χ2v) is 5.02. The molecule has 21 heavy (non-hydrogen) atoms. The highest BCUT2D eigenvalue weighted by atomic mass is 19.3. The number of aryl methyl sites for hydroxylation is 1. The Labute approximate surface area is 120 Å². The summed E-state index contributed by atoms with van der Waals surface area (Å²) in [7, 11) is 0. The van der Waals surface area contributed by atoms with Crippen molar-refractivity contribution in [3.8, 4) is 0 Å². The molecule has 0 radical (unpaired) electrons. The molecule has 2 heterocycles. The highest BCUT2D eigenvalue weighted by Gasteiger charge is 2.25. The van der Waals surface area contributed by atoms with Gasteiger partial charge in [-0.3, -0.25) is 4.79 Å². The topological polar surface area (TPSA) is 59.3 Å². The number of carbonyl (C=O) groups excluding carboxylic acids is 1. The minimum Gasteiger partial charge on any atom is -0.427 e. The molecule has 4 nitrogen and oxygen atoms in total. The summed E-state index contributed by atoms with van der Waals surface area (Å²) in [6.45, 7) is 5.01. The Kier molecular flexibility index (Phi) is 4.35. The van der Waals surface area contributed by atoms with Crippen LogP contribution < -0.4 is 10.9 Å². The van der Waals surface area contributed by atoms with Crippen molar-refractivity contribution < 1.29 is 18.0 Å². The maximum Gasteiger partial charge on any atom is 0.336 e. The first-order chi connectivity index (χ1) is 9.88. The largest absolute Gasteiger partial charge is 0.427 e. The Bertz CT molecular complexity index is 685. The fourth-order valence-corrected chi connectivity index (χ4v) is 2.29. The second kappa shape index (κ2) is 6.03. The molecular weight excluding hydrogens is 280 g/mol. The minimum absolute atomic E-state index is 0.0182. The summed E-state index contributed by atoms with van der Waals surface area (Å²) >= 11 is 0. The Balaban J connectivity index is 2.25. The standard InChI is InChI=1S/C15H15F2NO3/c1-8(14(16)17)4-3-5-10-7-12(19)21-11-6-9(2)18-15(20)13(10)11/h7H,2-6H2,1H3,(H,18,20). The second-order valence-electron chi connectivity index (χ2n) is 5.02. The van der Waals surface area contributed by atoms with Crippen LogP contribution in [0.2, 0.25) is 0 Å². The van der Waals surface area contributed by atoms with Gasteiger partial charge >= 0.3 is 5.63 Å². The number of nitrogens with one attached hydrogen (secondary N) is 1. The van der Waals surface area contributed by atoms with Crippen molar-refractivity contribution in [2.75, 3.05) is 0 Å². The number of carbonyl (C=O) groups is 1. The lowest BCUT2D eigenvalue weighted by atomic mass is 9.96. The van der Waals surface area contributed by atoms with Crippen LogP contribution in [-0.2, 0) is 12.8 Å². The van der Waals surface area contributed by atoms with Crippen LogP contribution >= 0.6 is 0 Å². The van der Waals surface area contributed by atoms with Crippen molar-refractivity contribution in [3.63, 3.8) is 0 Å². The molecule has 1 aromatic heterocycles. The highest BCUT2D eigenvalue weighted by Crippen LogP contribution is 2.22. The fourth-order valence-electron chi connectivity index (χ4n) is 2.29. The Morgan fingerprint density at radius 3 is 2.81 bits per heavy atom.